The molecular weight excluding hydrogens is 176 g/mol. The number of hydrogen-bond donors (Lipinski definition) is 1. The van der Waals surface area contributed by atoms with Gasteiger partial charge in [-0.25, -0.2) is 9.67 Å². The Morgan fingerprint density at radius 2 is 1.93 bits per heavy atom. The smallest absolute Gasteiger partial charge is 0.137 e. The van der Waals surface area contributed by atoms with E-state index in [0.29, 0.717) is 6.54 Å². The van der Waals surface area contributed by atoms with E-state index in [1.807, 2.05) is 4.68 Å². The molecule has 1 aromatic heterocycles. The average Bonchev–Trinajstić information content (AvgIpc) is 2.64. The van der Waals surface area contributed by atoms with Crippen molar-refractivity contribution in [2.24, 2.45) is 5.73 Å². The molecule has 1 aliphatic rings. The second-order valence-corrected chi connectivity index (χ2v) is 4.18. The van der Waals surface area contributed by atoms with Crippen LogP contribution in [-0.4, -0.2) is 21.3 Å². The lowest BCUT2D eigenvalue weighted by Gasteiger charge is -2.31. The highest BCUT2D eigenvalue weighted by Crippen LogP contribution is 2.31. The highest BCUT2D eigenvalue weighted by molar-refractivity contribution is 4.88. The van der Waals surface area contributed by atoms with Crippen LogP contribution < -0.4 is 5.73 Å². The van der Waals surface area contributed by atoms with Crippen molar-refractivity contribution in [3.05, 3.63) is 12.7 Å². The quantitative estimate of drug-likeness (QED) is 0.722. The second kappa shape index (κ2) is 4.09. The summed E-state index contributed by atoms with van der Waals surface area (Å²) >= 11 is 0. The number of nitrogens with zero attached hydrogens (tertiary/aromatic N) is 3. The topological polar surface area (TPSA) is 56.7 Å². The van der Waals surface area contributed by atoms with Crippen LogP contribution in [0.3, 0.4) is 0 Å². The largest absolute Gasteiger partial charge is 0.328 e. The lowest BCUT2D eigenvalue weighted by atomic mass is 9.90. The van der Waals surface area contributed by atoms with E-state index in [4.69, 9.17) is 5.73 Å². The Morgan fingerprint density at radius 1 is 1.21 bits per heavy atom. The lowest BCUT2D eigenvalue weighted by Crippen LogP contribution is -2.41. The predicted octanol–water partition coefficient (Wildman–Crippen LogP) is 1.29. The van der Waals surface area contributed by atoms with Crippen LogP contribution in [0.5, 0.6) is 0 Å². The van der Waals surface area contributed by atoms with Gasteiger partial charge >= 0.3 is 0 Å². The van der Waals surface area contributed by atoms with Gasteiger partial charge in [-0.15, -0.1) is 0 Å². The van der Waals surface area contributed by atoms with E-state index in [1.54, 1.807) is 12.7 Å². The number of rotatable bonds is 2. The molecule has 0 aromatic carbocycles. The molecule has 0 bridgehead atoms. The highest BCUT2D eigenvalue weighted by atomic mass is 15.4. The van der Waals surface area contributed by atoms with Crippen molar-refractivity contribution < 1.29 is 0 Å². The molecule has 0 amide bonds. The molecule has 1 aliphatic carbocycles. The van der Waals surface area contributed by atoms with E-state index in [0.717, 1.165) is 12.8 Å². The Labute approximate surface area is 84.5 Å². The molecule has 0 unspecified atom stereocenters. The van der Waals surface area contributed by atoms with Crippen LogP contribution in [0, 0.1) is 0 Å². The molecule has 1 heterocycles. The molecule has 0 radical (unpaired) electrons. The minimum Gasteiger partial charge on any atom is -0.328 e. The Balaban J connectivity index is 2.23. The Bertz CT molecular complexity index is 260. The van der Waals surface area contributed by atoms with Crippen molar-refractivity contribution in [2.45, 2.75) is 44.1 Å². The van der Waals surface area contributed by atoms with Crippen molar-refractivity contribution in [3.8, 4) is 0 Å². The van der Waals surface area contributed by atoms with Gasteiger partial charge in [-0.1, -0.05) is 25.7 Å². The summed E-state index contributed by atoms with van der Waals surface area (Å²) in [7, 11) is 0. The third-order valence-corrected chi connectivity index (χ3v) is 3.32. The summed E-state index contributed by atoms with van der Waals surface area (Å²) in [6.07, 6.45) is 10.9. The molecule has 0 atom stereocenters. The molecule has 1 saturated carbocycles. The number of hydrogen-bond acceptors (Lipinski definition) is 3. The SMILES string of the molecule is NCC1(n2cncn2)CCCCCC1. The molecule has 4 heteroatoms. The lowest BCUT2D eigenvalue weighted by molar-refractivity contribution is 0.228. The van der Waals surface area contributed by atoms with Gasteiger partial charge in [0.2, 0.25) is 0 Å². The van der Waals surface area contributed by atoms with Crippen LogP contribution in [-0.2, 0) is 5.54 Å². The van der Waals surface area contributed by atoms with Gasteiger partial charge < -0.3 is 5.73 Å². The zero-order valence-electron chi connectivity index (χ0n) is 8.52. The maximum absolute atomic E-state index is 5.91. The summed E-state index contributed by atoms with van der Waals surface area (Å²) < 4.78 is 1.97. The first-order valence-corrected chi connectivity index (χ1v) is 5.43. The van der Waals surface area contributed by atoms with Gasteiger partial charge in [0.1, 0.15) is 12.7 Å². The zero-order valence-corrected chi connectivity index (χ0v) is 8.52. The molecule has 14 heavy (non-hydrogen) atoms. The van der Waals surface area contributed by atoms with Crippen molar-refractivity contribution in [2.75, 3.05) is 6.54 Å². The molecule has 2 N–H and O–H groups in total. The average molecular weight is 194 g/mol. The van der Waals surface area contributed by atoms with Crippen LogP contribution in [0.25, 0.3) is 0 Å². The molecule has 1 fully saturated rings. The van der Waals surface area contributed by atoms with Crippen LogP contribution in [0.4, 0.5) is 0 Å². The van der Waals surface area contributed by atoms with Gasteiger partial charge in [0, 0.05) is 6.54 Å². The van der Waals surface area contributed by atoms with Crippen LogP contribution in [0.15, 0.2) is 12.7 Å². The van der Waals surface area contributed by atoms with Crippen LogP contribution in [0.2, 0.25) is 0 Å². The third-order valence-electron chi connectivity index (χ3n) is 3.32. The van der Waals surface area contributed by atoms with Gasteiger partial charge in [0.25, 0.3) is 0 Å². The van der Waals surface area contributed by atoms with Crippen molar-refractivity contribution in [1.82, 2.24) is 14.8 Å². The van der Waals surface area contributed by atoms with E-state index in [2.05, 4.69) is 10.1 Å². The Kier molecular flexibility index (Phi) is 2.82. The van der Waals surface area contributed by atoms with Crippen LogP contribution in [0.1, 0.15) is 38.5 Å². The van der Waals surface area contributed by atoms with Crippen LogP contribution >= 0.6 is 0 Å². The molecule has 2 rings (SSSR count). The normalized spacial score (nSPS) is 21.8. The first kappa shape index (κ1) is 9.65. The predicted molar refractivity (Wildman–Crippen MR) is 54.8 cm³/mol. The van der Waals surface area contributed by atoms with Gasteiger partial charge in [0.15, 0.2) is 0 Å². The fourth-order valence-electron chi connectivity index (χ4n) is 2.37. The molecular formula is C10H18N4. The van der Waals surface area contributed by atoms with E-state index in [1.165, 1.54) is 25.7 Å². The van der Waals surface area contributed by atoms with E-state index in [-0.39, 0.29) is 5.54 Å². The number of aromatic nitrogens is 3. The Morgan fingerprint density at radius 3 is 2.43 bits per heavy atom. The first-order chi connectivity index (χ1) is 6.87. The van der Waals surface area contributed by atoms with E-state index >= 15 is 0 Å². The van der Waals surface area contributed by atoms with Gasteiger partial charge in [-0.3, -0.25) is 0 Å². The summed E-state index contributed by atoms with van der Waals surface area (Å²) in [5.74, 6) is 0. The van der Waals surface area contributed by atoms with Gasteiger partial charge in [0.05, 0.1) is 5.54 Å². The van der Waals surface area contributed by atoms with Crippen molar-refractivity contribution >= 4 is 0 Å². The maximum atomic E-state index is 5.91. The fourth-order valence-corrected chi connectivity index (χ4v) is 2.37. The molecule has 78 valence electrons. The summed E-state index contributed by atoms with van der Waals surface area (Å²) in [5.41, 5.74) is 5.96. The number of nitrogens with two attached hydrogens (primary N) is 1. The van der Waals surface area contributed by atoms with Crippen molar-refractivity contribution in [1.29, 1.82) is 0 Å². The zero-order chi connectivity index (χ0) is 9.86. The summed E-state index contributed by atoms with van der Waals surface area (Å²) in [6, 6.07) is 0. The monoisotopic (exact) mass is 194 g/mol. The maximum Gasteiger partial charge on any atom is 0.137 e. The molecule has 4 nitrogen and oxygen atoms in total. The standard InChI is InChI=1S/C10H18N4/c11-7-10(14-9-12-8-13-14)5-3-1-2-4-6-10/h8-9H,1-7,11H2. The molecule has 1 aromatic rings. The first-order valence-electron chi connectivity index (χ1n) is 5.43. The minimum atomic E-state index is 0.0486. The van der Waals surface area contributed by atoms with Gasteiger partial charge in [-0.2, -0.15) is 5.10 Å². The molecule has 0 aliphatic heterocycles. The summed E-state index contributed by atoms with van der Waals surface area (Å²) in [5, 5.41) is 4.25. The van der Waals surface area contributed by atoms with E-state index in [9.17, 15) is 0 Å². The fraction of sp³-hybridized carbons (Fsp3) is 0.800. The molecule has 0 saturated heterocycles. The summed E-state index contributed by atoms with van der Waals surface area (Å²) in [4.78, 5) is 4.02. The second-order valence-electron chi connectivity index (χ2n) is 4.18. The highest BCUT2D eigenvalue weighted by Gasteiger charge is 2.31. The van der Waals surface area contributed by atoms with Crippen molar-refractivity contribution in [3.63, 3.8) is 0 Å². The Hall–Kier alpha value is -0.900. The third kappa shape index (κ3) is 1.66. The van der Waals surface area contributed by atoms with Gasteiger partial charge in [-0.05, 0) is 12.8 Å². The van der Waals surface area contributed by atoms with E-state index < -0.39 is 0 Å². The molecule has 0 spiro atoms. The summed E-state index contributed by atoms with van der Waals surface area (Å²) in [6.45, 7) is 0.677. The minimum absolute atomic E-state index is 0.0486.